The van der Waals surface area contributed by atoms with Gasteiger partial charge in [0, 0.05) is 38.8 Å². The summed E-state index contributed by atoms with van der Waals surface area (Å²) in [4.78, 5) is 27.7. The Balaban J connectivity index is 1.59. The van der Waals surface area contributed by atoms with Crippen LogP contribution in [-0.2, 0) is 6.54 Å². The highest BCUT2D eigenvalue weighted by Crippen LogP contribution is 2.32. The molecule has 4 rings (SSSR count). The van der Waals surface area contributed by atoms with Crippen molar-refractivity contribution in [2.45, 2.75) is 19.4 Å². The molecule has 2 aliphatic rings. The first kappa shape index (κ1) is 19.0. The zero-order chi connectivity index (χ0) is 20.4. The number of nitro groups is 1. The van der Waals surface area contributed by atoms with Gasteiger partial charge in [0.25, 0.3) is 11.6 Å². The summed E-state index contributed by atoms with van der Waals surface area (Å²) in [6.07, 6.45) is 2.11. The molecular weight excluding hydrogens is 374 g/mol. The lowest BCUT2D eigenvalue weighted by Gasteiger charge is -2.24. The van der Waals surface area contributed by atoms with Crippen LogP contribution in [0.3, 0.4) is 0 Å². The molecule has 0 atom stereocenters. The van der Waals surface area contributed by atoms with Gasteiger partial charge in [-0.15, -0.1) is 0 Å². The molecule has 2 heterocycles. The van der Waals surface area contributed by atoms with Gasteiger partial charge >= 0.3 is 0 Å². The van der Waals surface area contributed by atoms with Gasteiger partial charge in [-0.1, -0.05) is 6.07 Å². The third kappa shape index (κ3) is 3.96. The van der Waals surface area contributed by atoms with Gasteiger partial charge < -0.3 is 19.3 Å². The summed E-state index contributed by atoms with van der Waals surface area (Å²) in [5.74, 6) is 1.12. The summed E-state index contributed by atoms with van der Waals surface area (Å²) >= 11 is 0. The van der Waals surface area contributed by atoms with Gasteiger partial charge in [-0.25, -0.2) is 0 Å². The predicted molar refractivity (Wildman–Crippen MR) is 108 cm³/mol. The van der Waals surface area contributed by atoms with Crippen LogP contribution in [0.2, 0.25) is 0 Å². The molecule has 1 saturated heterocycles. The first-order valence-electron chi connectivity index (χ1n) is 9.70. The van der Waals surface area contributed by atoms with Crippen molar-refractivity contribution >= 4 is 17.3 Å². The molecule has 29 heavy (non-hydrogen) atoms. The minimum Gasteiger partial charge on any atom is -0.486 e. The van der Waals surface area contributed by atoms with Crippen molar-refractivity contribution < 1.29 is 19.2 Å². The lowest BCUT2D eigenvalue weighted by molar-refractivity contribution is -0.384. The predicted octanol–water partition coefficient (Wildman–Crippen LogP) is 3.24. The van der Waals surface area contributed by atoms with Gasteiger partial charge in [-0.2, -0.15) is 0 Å². The van der Waals surface area contributed by atoms with Crippen molar-refractivity contribution in [3.05, 3.63) is 57.6 Å². The van der Waals surface area contributed by atoms with Crippen molar-refractivity contribution in [1.29, 1.82) is 0 Å². The largest absolute Gasteiger partial charge is 0.486 e. The number of hydrogen-bond acceptors (Lipinski definition) is 6. The number of amides is 1. The van der Waals surface area contributed by atoms with Gasteiger partial charge in [0.05, 0.1) is 16.2 Å². The van der Waals surface area contributed by atoms with Crippen LogP contribution in [0, 0.1) is 10.1 Å². The number of carbonyl (C=O) groups excluding carboxylic acids is 1. The van der Waals surface area contributed by atoms with Crippen LogP contribution in [0.25, 0.3) is 0 Å². The van der Waals surface area contributed by atoms with Gasteiger partial charge in [-0.05, 0) is 36.6 Å². The molecule has 0 spiro atoms. The van der Waals surface area contributed by atoms with Crippen molar-refractivity contribution in [2.75, 3.05) is 38.3 Å². The molecule has 0 saturated carbocycles. The Bertz CT molecular complexity index is 940. The maximum absolute atomic E-state index is 13.2. The first-order chi connectivity index (χ1) is 14.0. The Morgan fingerprint density at radius 3 is 2.55 bits per heavy atom. The van der Waals surface area contributed by atoms with Gasteiger partial charge in [0.2, 0.25) is 0 Å². The molecule has 0 radical (unpaired) electrons. The van der Waals surface area contributed by atoms with Crippen molar-refractivity contribution in [3.8, 4) is 11.5 Å². The molecule has 0 unspecified atom stereocenters. The van der Waals surface area contributed by atoms with E-state index < -0.39 is 4.92 Å². The minimum absolute atomic E-state index is 0.0796. The summed E-state index contributed by atoms with van der Waals surface area (Å²) in [5.41, 5.74) is 1.94. The number of benzene rings is 2. The molecule has 0 N–H and O–H groups in total. The fraction of sp³-hybridized carbons (Fsp3) is 0.381. The van der Waals surface area contributed by atoms with E-state index in [9.17, 15) is 14.9 Å². The molecule has 2 aliphatic heterocycles. The molecule has 0 bridgehead atoms. The second kappa shape index (κ2) is 7.98. The summed E-state index contributed by atoms with van der Waals surface area (Å²) in [5, 5.41) is 11.2. The third-order valence-electron chi connectivity index (χ3n) is 5.24. The Morgan fingerprint density at radius 2 is 1.83 bits per heavy atom. The topological polar surface area (TPSA) is 85.1 Å². The lowest BCUT2D eigenvalue weighted by Crippen LogP contribution is -2.29. The quantitative estimate of drug-likeness (QED) is 0.569. The Labute approximate surface area is 168 Å². The number of ether oxygens (including phenoxy) is 2. The van der Waals surface area contributed by atoms with Crippen molar-refractivity contribution in [2.24, 2.45) is 0 Å². The molecule has 2 aromatic rings. The minimum atomic E-state index is -0.467. The molecule has 8 nitrogen and oxygen atoms in total. The second-order valence-electron chi connectivity index (χ2n) is 7.29. The van der Waals surface area contributed by atoms with E-state index in [1.807, 2.05) is 18.2 Å². The standard InChI is InChI=1S/C21H23N3O5/c1-22(14-15-4-7-19-20(12-15)29-11-10-28-19)21(25)17-13-16(24(26)27)5-6-18(17)23-8-2-3-9-23/h4-7,12-13H,2-3,8-11,14H2,1H3. The van der Waals surface area contributed by atoms with Crippen LogP contribution in [0.15, 0.2) is 36.4 Å². The van der Waals surface area contributed by atoms with Crippen LogP contribution in [0.5, 0.6) is 11.5 Å². The van der Waals surface area contributed by atoms with Crippen LogP contribution >= 0.6 is 0 Å². The molecule has 1 amide bonds. The first-order valence-corrected chi connectivity index (χ1v) is 9.70. The highest BCUT2D eigenvalue weighted by molar-refractivity contribution is 6.00. The fourth-order valence-corrected chi connectivity index (χ4v) is 3.78. The Hall–Kier alpha value is -3.29. The number of hydrogen-bond donors (Lipinski definition) is 0. The normalized spacial score (nSPS) is 15.3. The maximum atomic E-state index is 13.2. The van der Waals surface area contributed by atoms with Crippen LogP contribution in [0.1, 0.15) is 28.8 Å². The number of anilines is 1. The van der Waals surface area contributed by atoms with Crippen molar-refractivity contribution in [3.63, 3.8) is 0 Å². The lowest BCUT2D eigenvalue weighted by atomic mass is 10.1. The van der Waals surface area contributed by atoms with Crippen LogP contribution in [-0.4, -0.2) is 49.1 Å². The van der Waals surface area contributed by atoms with E-state index in [4.69, 9.17) is 9.47 Å². The van der Waals surface area contributed by atoms with Gasteiger partial charge in [0.15, 0.2) is 11.5 Å². The molecule has 8 heteroatoms. The van der Waals surface area contributed by atoms with Gasteiger partial charge in [0.1, 0.15) is 13.2 Å². The smallest absolute Gasteiger partial charge is 0.270 e. The van der Waals surface area contributed by atoms with Crippen LogP contribution < -0.4 is 14.4 Å². The second-order valence-corrected chi connectivity index (χ2v) is 7.29. The average molecular weight is 397 g/mol. The summed E-state index contributed by atoms with van der Waals surface area (Å²) < 4.78 is 11.1. The van der Waals surface area contributed by atoms with Crippen LogP contribution in [0.4, 0.5) is 11.4 Å². The summed E-state index contributed by atoms with van der Waals surface area (Å²) in [7, 11) is 1.70. The van der Waals surface area contributed by atoms with E-state index in [1.54, 1.807) is 18.0 Å². The average Bonchev–Trinajstić information content (AvgIpc) is 3.27. The number of carbonyl (C=O) groups is 1. The molecule has 152 valence electrons. The Kier molecular flexibility index (Phi) is 5.24. The molecule has 2 aromatic carbocycles. The molecule has 1 fully saturated rings. The monoisotopic (exact) mass is 397 g/mol. The summed E-state index contributed by atoms with van der Waals surface area (Å²) in [6.45, 7) is 3.08. The van der Waals surface area contributed by atoms with Crippen molar-refractivity contribution in [1.82, 2.24) is 4.90 Å². The summed E-state index contributed by atoms with van der Waals surface area (Å²) in [6, 6.07) is 10.1. The number of nitrogens with zero attached hydrogens (tertiary/aromatic N) is 3. The molecule has 0 aliphatic carbocycles. The molecule has 0 aromatic heterocycles. The SMILES string of the molecule is CN(Cc1ccc2c(c1)OCCO2)C(=O)c1cc([N+](=O)[O-])ccc1N1CCCC1. The zero-order valence-corrected chi connectivity index (χ0v) is 16.3. The van der Waals surface area contributed by atoms with E-state index in [0.717, 1.165) is 37.2 Å². The van der Waals surface area contributed by atoms with E-state index >= 15 is 0 Å². The van der Waals surface area contributed by atoms with E-state index in [1.165, 1.54) is 12.1 Å². The van der Waals surface area contributed by atoms with E-state index in [0.29, 0.717) is 36.8 Å². The highest BCUT2D eigenvalue weighted by Gasteiger charge is 2.25. The van der Waals surface area contributed by atoms with Gasteiger partial charge in [-0.3, -0.25) is 14.9 Å². The van der Waals surface area contributed by atoms with E-state index in [2.05, 4.69) is 4.90 Å². The molecular formula is C21H23N3O5. The highest BCUT2D eigenvalue weighted by atomic mass is 16.6. The zero-order valence-electron chi connectivity index (χ0n) is 16.3. The fourth-order valence-electron chi connectivity index (χ4n) is 3.78. The van der Waals surface area contributed by atoms with E-state index in [-0.39, 0.29) is 11.6 Å². The maximum Gasteiger partial charge on any atom is 0.270 e. The number of non-ortho nitro benzene ring substituents is 1. The third-order valence-corrected chi connectivity index (χ3v) is 5.24. The number of fused-ring (bicyclic) bond motifs is 1. The number of rotatable bonds is 5. The number of nitro benzene ring substituents is 1. The Morgan fingerprint density at radius 1 is 1.10 bits per heavy atom.